The highest BCUT2D eigenvalue weighted by atomic mass is 31.2. The highest BCUT2D eigenvalue weighted by Gasteiger charge is 2.20. The summed E-state index contributed by atoms with van der Waals surface area (Å²) >= 11 is 0. The fourth-order valence-electron chi connectivity index (χ4n) is 2.91. The maximum absolute atomic E-state index is 11.7. The average molecular weight is 441 g/mol. The van der Waals surface area contributed by atoms with E-state index in [9.17, 15) is 19.3 Å². The van der Waals surface area contributed by atoms with Crippen LogP contribution in [0.25, 0.3) is 0 Å². The number of nitrogens with one attached hydrogen (secondary N) is 1. The molecule has 1 unspecified atom stereocenters. The Labute approximate surface area is 174 Å². The van der Waals surface area contributed by atoms with Crippen molar-refractivity contribution in [1.82, 2.24) is 11.5 Å². The Kier molecular flexibility index (Phi) is 19.8. The van der Waals surface area contributed by atoms with Gasteiger partial charge in [-0.05, 0) is 6.42 Å². The summed E-state index contributed by atoms with van der Waals surface area (Å²) in [6.45, 7) is 1.39. The van der Waals surface area contributed by atoms with Crippen molar-refractivity contribution in [3.63, 3.8) is 0 Å². The molecule has 0 aromatic rings. The Morgan fingerprint density at radius 2 is 1.31 bits per heavy atom. The number of phosphoric acid groups is 1. The fraction of sp³-hybridized carbons (Fsp3) is 0.895. The van der Waals surface area contributed by atoms with Crippen LogP contribution in [0.3, 0.4) is 0 Å². The van der Waals surface area contributed by atoms with Crippen molar-refractivity contribution < 1.29 is 33.6 Å². The average Bonchev–Trinajstić information content (AvgIpc) is 2.61. The lowest BCUT2D eigenvalue weighted by Gasteiger charge is -2.19. The van der Waals surface area contributed by atoms with Crippen molar-refractivity contribution in [2.24, 2.45) is 0 Å². The lowest BCUT2D eigenvalue weighted by atomic mass is 10.0. The fourth-order valence-corrected chi connectivity index (χ4v) is 3.25. The van der Waals surface area contributed by atoms with Crippen molar-refractivity contribution in [3.05, 3.63) is 0 Å². The molecule has 1 atom stereocenters. The summed E-state index contributed by atoms with van der Waals surface area (Å²) in [5, 5.41) is 13.0. The van der Waals surface area contributed by atoms with E-state index in [4.69, 9.17) is 9.79 Å². The van der Waals surface area contributed by atoms with Crippen LogP contribution >= 0.6 is 7.82 Å². The number of hydrogen-bond acceptors (Lipinski definition) is 5. The molecule has 0 spiro atoms. The van der Waals surface area contributed by atoms with Gasteiger partial charge >= 0.3 is 7.82 Å². The zero-order valence-electron chi connectivity index (χ0n) is 18.1. The Hall–Kier alpha value is -0.990. The molecule has 29 heavy (non-hydrogen) atoms. The van der Waals surface area contributed by atoms with E-state index < -0.39 is 32.3 Å². The minimum Gasteiger partial charge on any atom is -0.548 e. The van der Waals surface area contributed by atoms with E-state index in [1.807, 2.05) is 0 Å². The summed E-state index contributed by atoms with van der Waals surface area (Å²) in [4.78, 5) is 39.8. The minimum atomic E-state index is -4.80. The van der Waals surface area contributed by atoms with Crippen LogP contribution in [0.15, 0.2) is 0 Å². The van der Waals surface area contributed by atoms with E-state index in [2.05, 4.69) is 16.8 Å². The molecule has 1 amide bonds. The molecule has 9 nitrogen and oxygen atoms in total. The number of phosphoric ester groups is 1. The number of aliphatic carboxylic acids is 1. The number of carboxylic acid groups (broad SMARTS) is 1. The molecule has 10 heteroatoms. The summed E-state index contributed by atoms with van der Waals surface area (Å²) < 4.78 is 14.7. The van der Waals surface area contributed by atoms with Gasteiger partial charge in [-0.1, -0.05) is 84.0 Å². The second kappa shape index (κ2) is 19.0. The number of unbranched alkanes of at least 4 members (excludes halogenated alkanes) is 12. The van der Waals surface area contributed by atoms with Gasteiger partial charge in [0.25, 0.3) is 0 Å². The van der Waals surface area contributed by atoms with Crippen molar-refractivity contribution in [2.75, 3.05) is 6.61 Å². The molecule has 0 rings (SSSR count). The standard InChI is InChI=1S/C19H38NO7P.H3N/c1-2-3-4-5-6-7-8-9-10-11-12-13-14-15-18(21)20-17(19(22)23)16-27-28(24,25)26;/h17H,2-16H2,1H3,(H,20,21)(H,22,23)(H2,24,25,26);1H3. The van der Waals surface area contributed by atoms with Crippen molar-refractivity contribution in [1.29, 1.82) is 0 Å². The van der Waals surface area contributed by atoms with Crippen LogP contribution in [0.2, 0.25) is 0 Å². The second-order valence-corrected chi connectivity index (χ2v) is 8.46. The molecule has 0 aliphatic heterocycles. The number of quaternary nitrogens is 1. The normalized spacial score (nSPS) is 12.2. The zero-order valence-corrected chi connectivity index (χ0v) is 19.0. The summed E-state index contributed by atoms with van der Waals surface area (Å²) in [6.07, 6.45) is 15.6. The van der Waals surface area contributed by atoms with E-state index in [1.165, 1.54) is 57.8 Å². The van der Waals surface area contributed by atoms with E-state index in [0.29, 0.717) is 6.42 Å². The Balaban J connectivity index is 0. The van der Waals surface area contributed by atoms with Gasteiger partial charge in [0.2, 0.25) is 5.91 Å². The van der Waals surface area contributed by atoms with E-state index in [-0.39, 0.29) is 12.6 Å². The van der Waals surface area contributed by atoms with E-state index in [0.717, 1.165) is 19.3 Å². The van der Waals surface area contributed by atoms with Crippen molar-refractivity contribution >= 4 is 19.7 Å². The Morgan fingerprint density at radius 3 is 1.69 bits per heavy atom. The van der Waals surface area contributed by atoms with Crippen LogP contribution in [0.5, 0.6) is 0 Å². The number of carbonyl (C=O) groups excluding carboxylic acids is 2. The topological polar surface area (TPSA) is 172 Å². The van der Waals surface area contributed by atoms with Gasteiger partial charge < -0.3 is 31.2 Å². The number of hydrogen-bond donors (Lipinski definition) is 4. The van der Waals surface area contributed by atoms with Gasteiger partial charge in [0, 0.05) is 6.42 Å². The molecule has 174 valence electrons. The highest BCUT2D eigenvalue weighted by Crippen LogP contribution is 2.35. The monoisotopic (exact) mass is 440 g/mol. The van der Waals surface area contributed by atoms with Crippen molar-refractivity contribution in [2.45, 2.75) is 103 Å². The maximum atomic E-state index is 11.7. The van der Waals surface area contributed by atoms with Gasteiger partial charge in [-0.2, -0.15) is 0 Å². The number of carbonyl (C=O) groups is 2. The molecule has 0 aromatic carbocycles. The lowest BCUT2D eigenvalue weighted by molar-refractivity contribution is -0.308. The quantitative estimate of drug-likeness (QED) is 0.176. The zero-order chi connectivity index (χ0) is 21.3. The van der Waals surface area contributed by atoms with Crippen LogP contribution in [0, 0.1) is 0 Å². The molecule has 0 radical (unpaired) electrons. The van der Waals surface area contributed by atoms with Crippen LogP contribution in [-0.2, 0) is 18.7 Å². The molecule has 0 bridgehead atoms. The maximum Gasteiger partial charge on any atom is 0.469 e. The molecule has 0 saturated carbocycles. The number of rotatable bonds is 19. The van der Waals surface area contributed by atoms with Crippen LogP contribution < -0.4 is 16.6 Å². The molecule has 0 aliphatic carbocycles. The van der Waals surface area contributed by atoms with Crippen LogP contribution in [0.1, 0.15) is 96.8 Å². The third kappa shape index (κ3) is 21.5. The summed E-state index contributed by atoms with van der Waals surface area (Å²) in [5.74, 6) is -2.14. The first-order valence-electron chi connectivity index (χ1n) is 10.5. The molecule has 0 fully saturated rings. The molecule has 7 N–H and O–H groups in total. The predicted octanol–water partition coefficient (Wildman–Crippen LogP) is 3.19. The van der Waals surface area contributed by atoms with Gasteiger partial charge in [-0.25, -0.2) is 4.57 Å². The molecular formula is C19H41N2O7P. The Bertz CT molecular complexity index is 471. The van der Waals surface area contributed by atoms with Gasteiger partial charge in [0.05, 0.1) is 18.6 Å². The number of amides is 1. The first-order chi connectivity index (χ1) is 13.3. The lowest BCUT2D eigenvalue weighted by Crippen LogP contribution is -2.50. The Morgan fingerprint density at radius 1 is 0.897 bits per heavy atom. The summed E-state index contributed by atoms with van der Waals surface area (Å²) in [5.41, 5.74) is 0. The third-order valence-corrected chi connectivity index (χ3v) is 5.02. The van der Waals surface area contributed by atoms with Crippen LogP contribution in [0.4, 0.5) is 0 Å². The van der Waals surface area contributed by atoms with Crippen molar-refractivity contribution in [3.8, 4) is 0 Å². The smallest absolute Gasteiger partial charge is 0.469 e. The van der Waals surface area contributed by atoms with Gasteiger partial charge in [-0.15, -0.1) is 0 Å². The largest absolute Gasteiger partial charge is 0.548 e. The SMILES string of the molecule is CCCCCCCCCCCCCCCC(=O)NC(COP(=O)(O)O)C(=O)[O-].[NH4+]. The van der Waals surface area contributed by atoms with E-state index in [1.54, 1.807) is 0 Å². The van der Waals surface area contributed by atoms with E-state index >= 15 is 0 Å². The first-order valence-corrected chi connectivity index (χ1v) is 12.0. The summed E-state index contributed by atoms with van der Waals surface area (Å²) in [7, 11) is -4.80. The first kappa shape index (κ1) is 30.2. The van der Waals surface area contributed by atoms with Crippen LogP contribution in [-0.4, -0.2) is 34.3 Å². The predicted molar refractivity (Wildman–Crippen MR) is 111 cm³/mol. The second-order valence-electron chi connectivity index (χ2n) is 7.22. The molecule has 0 heterocycles. The third-order valence-electron chi connectivity index (χ3n) is 4.54. The van der Waals surface area contributed by atoms with Gasteiger partial charge in [0.15, 0.2) is 0 Å². The highest BCUT2D eigenvalue weighted by molar-refractivity contribution is 7.46. The molecular weight excluding hydrogens is 399 g/mol. The molecule has 0 aromatic heterocycles. The molecule has 0 saturated heterocycles. The molecule has 0 aliphatic rings. The summed E-state index contributed by atoms with van der Waals surface area (Å²) in [6, 6.07) is -1.58. The number of carboxylic acids is 1. The van der Waals surface area contributed by atoms with Gasteiger partial charge in [-0.3, -0.25) is 9.32 Å². The minimum absolute atomic E-state index is 0. The van der Waals surface area contributed by atoms with Gasteiger partial charge in [0.1, 0.15) is 0 Å².